The van der Waals surface area contributed by atoms with Crippen LogP contribution in [-0.4, -0.2) is 36.5 Å². The highest BCUT2D eigenvalue weighted by Gasteiger charge is 2.29. The molecule has 0 radical (unpaired) electrons. The summed E-state index contributed by atoms with van der Waals surface area (Å²) in [5.41, 5.74) is 8.36. The highest BCUT2D eigenvalue weighted by Crippen LogP contribution is 2.27. The van der Waals surface area contributed by atoms with Crippen molar-refractivity contribution in [2.75, 3.05) is 24.5 Å². The summed E-state index contributed by atoms with van der Waals surface area (Å²) in [5.74, 6) is 1.27. The van der Waals surface area contributed by atoms with E-state index in [0.29, 0.717) is 37.3 Å². The minimum absolute atomic E-state index is 0.124. The molecule has 0 aromatic heterocycles. The molecular formula is C26H35N5O. The largest absolute Gasteiger partial charge is 0.489 e. The summed E-state index contributed by atoms with van der Waals surface area (Å²) in [6.07, 6.45) is 3.46. The maximum absolute atomic E-state index is 9.26. The van der Waals surface area contributed by atoms with Crippen LogP contribution in [0.3, 0.4) is 0 Å². The van der Waals surface area contributed by atoms with E-state index >= 15 is 0 Å². The topological polar surface area (TPSA) is 89.4 Å². The van der Waals surface area contributed by atoms with Crippen molar-refractivity contribution in [1.82, 2.24) is 4.90 Å². The SMILES string of the molecule is CC1CCCCN1C(=N)N(CC(C)(C)CN)c1ccc(OCc2ccccc2C#N)cc1. The molecule has 0 bridgehead atoms. The summed E-state index contributed by atoms with van der Waals surface area (Å²) in [6.45, 7) is 8.95. The molecule has 3 N–H and O–H groups in total. The molecular weight excluding hydrogens is 398 g/mol. The van der Waals surface area contributed by atoms with Crippen molar-refractivity contribution in [1.29, 1.82) is 10.7 Å². The first-order chi connectivity index (χ1) is 15.3. The van der Waals surface area contributed by atoms with Crippen LogP contribution in [0.5, 0.6) is 5.75 Å². The molecule has 2 aromatic carbocycles. The summed E-state index contributed by atoms with van der Waals surface area (Å²) < 4.78 is 5.93. The fourth-order valence-corrected chi connectivity index (χ4v) is 3.99. The van der Waals surface area contributed by atoms with Gasteiger partial charge in [0, 0.05) is 30.4 Å². The number of nitrogens with two attached hydrogens (primary N) is 1. The van der Waals surface area contributed by atoms with E-state index in [4.69, 9.17) is 15.9 Å². The molecule has 0 amide bonds. The predicted octanol–water partition coefficient (Wildman–Crippen LogP) is 4.74. The molecule has 1 atom stereocenters. The predicted molar refractivity (Wildman–Crippen MR) is 130 cm³/mol. The Labute approximate surface area is 192 Å². The lowest BCUT2D eigenvalue weighted by molar-refractivity contribution is 0.250. The summed E-state index contributed by atoms with van der Waals surface area (Å²) in [4.78, 5) is 4.28. The molecule has 1 unspecified atom stereocenters. The number of rotatable bonds is 7. The first-order valence-corrected chi connectivity index (χ1v) is 11.4. The Morgan fingerprint density at radius 1 is 1.22 bits per heavy atom. The molecule has 6 nitrogen and oxygen atoms in total. The molecule has 0 spiro atoms. The van der Waals surface area contributed by atoms with E-state index in [1.165, 1.54) is 6.42 Å². The van der Waals surface area contributed by atoms with Gasteiger partial charge in [0.1, 0.15) is 12.4 Å². The average molecular weight is 434 g/mol. The molecule has 1 fully saturated rings. The second-order valence-electron chi connectivity index (χ2n) is 9.37. The van der Waals surface area contributed by atoms with Crippen LogP contribution in [0, 0.1) is 22.2 Å². The molecule has 0 aliphatic carbocycles. The van der Waals surface area contributed by atoms with E-state index in [1.807, 2.05) is 42.5 Å². The number of nitrogens with one attached hydrogen (secondary N) is 1. The lowest BCUT2D eigenvalue weighted by Crippen LogP contribution is -2.53. The van der Waals surface area contributed by atoms with Gasteiger partial charge < -0.3 is 20.3 Å². The summed E-state index contributed by atoms with van der Waals surface area (Å²) in [5, 5.41) is 18.3. The first-order valence-electron chi connectivity index (χ1n) is 11.4. The lowest BCUT2D eigenvalue weighted by Gasteiger charge is -2.42. The number of guanidine groups is 1. The monoisotopic (exact) mass is 433 g/mol. The van der Waals surface area contributed by atoms with E-state index in [2.05, 4.69) is 36.6 Å². The fraction of sp³-hybridized carbons (Fsp3) is 0.462. The van der Waals surface area contributed by atoms with Crippen LogP contribution in [-0.2, 0) is 6.61 Å². The average Bonchev–Trinajstić information content (AvgIpc) is 2.82. The van der Waals surface area contributed by atoms with Crippen molar-refractivity contribution < 1.29 is 4.74 Å². The summed E-state index contributed by atoms with van der Waals surface area (Å²) >= 11 is 0. The second-order valence-corrected chi connectivity index (χ2v) is 9.37. The molecule has 1 heterocycles. The van der Waals surface area contributed by atoms with Crippen LogP contribution in [0.15, 0.2) is 48.5 Å². The van der Waals surface area contributed by atoms with Gasteiger partial charge in [-0.1, -0.05) is 32.0 Å². The number of benzene rings is 2. The van der Waals surface area contributed by atoms with E-state index < -0.39 is 0 Å². The molecule has 170 valence electrons. The van der Waals surface area contributed by atoms with Crippen molar-refractivity contribution in [3.8, 4) is 11.8 Å². The van der Waals surface area contributed by atoms with Crippen LogP contribution in [0.25, 0.3) is 0 Å². The van der Waals surface area contributed by atoms with Gasteiger partial charge >= 0.3 is 0 Å². The maximum atomic E-state index is 9.26. The Morgan fingerprint density at radius 2 is 1.94 bits per heavy atom. The number of nitrogens with zero attached hydrogens (tertiary/aromatic N) is 3. The third kappa shape index (κ3) is 5.80. The number of ether oxygens (including phenoxy) is 1. The smallest absolute Gasteiger partial charge is 0.198 e. The van der Waals surface area contributed by atoms with Crippen LogP contribution < -0.4 is 15.4 Å². The minimum atomic E-state index is -0.124. The molecule has 1 saturated heterocycles. The zero-order chi connectivity index (χ0) is 23.1. The van der Waals surface area contributed by atoms with Crippen LogP contribution in [0.4, 0.5) is 5.69 Å². The van der Waals surface area contributed by atoms with Crippen LogP contribution in [0.1, 0.15) is 51.2 Å². The summed E-state index contributed by atoms with van der Waals surface area (Å²) in [7, 11) is 0. The molecule has 1 aliphatic heterocycles. The van der Waals surface area contributed by atoms with Gasteiger partial charge in [0.15, 0.2) is 5.96 Å². The highest BCUT2D eigenvalue weighted by atomic mass is 16.5. The van der Waals surface area contributed by atoms with E-state index in [9.17, 15) is 5.26 Å². The van der Waals surface area contributed by atoms with Gasteiger partial charge in [0.2, 0.25) is 0 Å². The zero-order valence-corrected chi connectivity index (χ0v) is 19.5. The van der Waals surface area contributed by atoms with Gasteiger partial charge in [-0.2, -0.15) is 5.26 Å². The number of hydrogen-bond donors (Lipinski definition) is 2. The quantitative estimate of drug-likeness (QED) is 0.486. The maximum Gasteiger partial charge on any atom is 0.198 e. The van der Waals surface area contributed by atoms with Crippen molar-refractivity contribution in [3.05, 3.63) is 59.7 Å². The normalized spacial score (nSPS) is 16.3. The molecule has 32 heavy (non-hydrogen) atoms. The van der Waals surface area contributed by atoms with Crippen molar-refractivity contribution in [3.63, 3.8) is 0 Å². The Bertz CT molecular complexity index is 947. The Kier molecular flexibility index (Phi) is 7.76. The summed E-state index contributed by atoms with van der Waals surface area (Å²) in [6, 6.07) is 17.9. The third-order valence-corrected chi connectivity index (χ3v) is 6.15. The standard InChI is InChI=1S/C26H35N5O/c1-20-8-6-7-15-30(20)25(29)31(19-26(2,3)18-28)23-11-13-24(14-12-23)32-17-22-10-5-4-9-21(22)16-27/h4-5,9-14,20,29H,6-8,15,17-19,28H2,1-3H3. The van der Waals surface area contributed by atoms with E-state index in [1.54, 1.807) is 6.07 Å². The molecule has 6 heteroatoms. The van der Waals surface area contributed by atoms with Gasteiger partial charge in [0.25, 0.3) is 0 Å². The van der Waals surface area contributed by atoms with Crippen LogP contribution >= 0.6 is 0 Å². The highest BCUT2D eigenvalue weighted by molar-refractivity contribution is 5.94. The number of anilines is 1. The Morgan fingerprint density at radius 3 is 2.59 bits per heavy atom. The van der Waals surface area contributed by atoms with Gasteiger partial charge in [-0.3, -0.25) is 5.41 Å². The number of piperidine rings is 1. The zero-order valence-electron chi connectivity index (χ0n) is 19.5. The number of nitriles is 1. The van der Waals surface area contributed by atoms with E-state index in [-0.39, 0.29) is 5.41 Å². The Hall–Kier alpha value is -3.04. The van der Waals surface area contributed by atoms with Gasteiger partial charge in [-0.25, -0.2) is 0 Å². The van der Waals surface area contributed by atoms with Crippen LogP contribution in [0.2, 0.25) is 0 Å². The molecule has 0 saturated carbocycles. The third-order valence-electron chi connectivity index (χ3n) is 6.15. The molecule has 1 aliphatic rings. The fourth-order valence-electron chi connectivity index (χ4n) is 3.99. The van der Waals surface area contributed by atoms with Crippen molar-refractivity contribution >= 4 is 11.6 Å². The van der Waals surface area contributed by atoms with Gasteiger partial charge in [-0.15, -0.1) is 0 Å². The van der Waals surface area contributed by atoms with Gasteiger partial charge in [0.05, 0.1) is 11.6 Å². The molecule has 3 rings (SSSR count). The lowest BCUT2D eigenvalue weighted by atomic mass is 9.92. The second kappa shape index (κ2) is 10.5. The first kappa shape index (κ1) is 23.6. The minimum Gasteiger partial charge on any atom is -0.489 e. The number of hydrogen-bond acceptors (Lipinski definition) is 4. The van der Waals surface area contributed by atoms with Gasteiger partial charge in [-0.05, 0) is 68.5 Å². The number of likely N-dealkylation sites (tertiary alicyclic amines) is 1. The van der Waals surface area contributed by atoms with Crippen molar-refractivity contribution in [2.24, 2.45) is 11.1 Å². The van der Waals surface area contributed by atoms with E-state index in [0.717, 1.165) is 36.4 Å². The van der Waals surface area contributed by atoms with Crippen molar-refractivity contribution in [2.45, 2.75) is 52.7 Å². The molecule has 2 aromatic rings. The Balaban J connectivity index is 1.77.